The van der Waals surface area contributed by atoms with Crippen molar-refractivity contribution in [3.8, 4) is 5.75 Å². The molecule has 2 aliphatic heterocycles. The van der Waals surface area contributed by atoms with Crippen LogP contribution in [0.15, 0.2) is 48.7 Å². The SMILES string of the molecule is COc1ccc(C2(C(=O)N3CCCC(C(=O)N4CCN(c5ccccn5)CC4)CCNC(=O)CC3)CC2)cc1. The lowest BCUT2D eigenvalue weighted by molar-refractivity contribution is -0.136. The highest BCUT2D eigenvalue weighted by atomic mass is 16.5. The quantitative estimate of drug-likeness (QED) is 0.635. The summed E-state index contributed by atoms with van der Waals surface area (Å²) in [5.41, 5.74) is 0.496. The van der Waals surface area contributed by atoms with Crippen molar-refractivity contribution in [2.45, 2.75) is 43.9 Å². The number of amides is 3. The highest BCUT2D eigenvalue weighted by Gasteiger charge is 2.53. The maximum atomic E-state index is 13.8. The van der Waals surface area contributed by atoms with Crippen LogP contribution in [0, 0.1) is 5.92 Å². The molecule has 0 spiro atoms. The van der Waals surface area contributed by atoms with Gasteiger partial charge in [0.1, 0.15) is 11.6 Å². The molecular formula is C30H39N5O4. The number of pyridine rings is 1. The zero-order valence-electron chi connectivity index (χ0n) is 22.8. The Balaban J connectivity index is 1.21. The number of nitrogens with zero attached hydrogens (tertiary/aromatic N) is 4. The fourth-order valence-electron chi connectivity index (χ4n) is 5.86. The van der Waals surface area contributed by atoms with Gasteiger partial charge in [0.2, 0.25) is 17.7 Å². The van der Waals surface area contributed by atoms with Crippen molar-refractivity contribution in [2.24, 2.45) is 5.92 Å². The summed E-state index contributed by atoms with van der Waals surface area (Å²) in [6, 6.07) is 13.6. The van der Waals surface area contributed by atoms with Gasteiger partial charge in [0, 0.05) is 64.3 Å². The lowest BCUT2D eigenvalue weighted by atomic mass is 9.93. The van der Waals surface area contributed by atoms with E-state index >= 15 is 0 Å². The summed E-state index contributed by atoms with van der Waals surface area (Å²) in [5, 5.41) is 2.98. The Morgan fingerprint density at radius 2 is 1.72 bits per heavy atom. The van der Waals surface area contributed by atoms with E-state index in [2.05, 4.69) is 15.2 Å². The van der Waals surface area contributed by atoms with Gasteiger partial charge in [-0.15, -0.1) is 0 Å². The predicted octanol–water partition coefficient (Wildman–Crippen LogP) is 2.61. The number of nitrogens with one attached hydrogen (secondary N) is 1. The van der Waals surface area contributed by atoms with Crippen LogP contribution in [0.2, 0.25) is 0 Å². The van der Waals surface area contributed by atoms with Gasteiger partial charge in [-0.25, -0.2) is 4.98 Å². The van der Waals surface area contributed by atoms with Crippen LogP contribution in [0.5, 0.6) is 5.75 Å². The second kappa shape index (κ2) is 12.1. The van der Waals surface area contributed by atoms with E-state index in [1.165, 1.54) is 0 Å². The Morgan fingerprint density at radius 1 is 0.949 bits per heavy atom. The Bertz CT molecular complexity index is 1140. The average molecular weight is 534 g/mol. The van der Waals surface area contributed by atoms with E-state index in [4.69, 9.17) is 4.74 Å². The summed E-state index contributed by atoms with van der Waals surface area (Å²) in [6.07, 6.45) is 5.75. The fourth-order valence-corrected chi connectivity index (χ4v) is 5.86. The standard InChI is InChI=1S/C30H39N5O4/c1-39-25-9-7-24(8-10-25)30(13-14-30)29(38)35-17-4-5-23(11-16-32-27(36)12-18-35)28(37)34-21-19-33(20-22-34)26-6-2-3-15-31-26/h2-3,6-10,15,23H,4-5,11-14,16-22H2,1H3,(H,32,36). The zero-order chi connectivity index (χ0) is 27.2. The molecule has 1 atom stereocenters. The molecule has 2 saturated heterocycles. The van der Waals surface area contributed by atoms with Gasteiger partial charge in [0.05, 0.1) is 12.5 Å². The van der Waals surface area contributed by atoms with Crippen LogP contribution >= 0.6 is 0 Å². The maximum absolute atomic E-state index is 13.8. The van der Waals surface area contributed by atoms with Crippen LogP contribution in [0.1, 0.15) is 44.1 Å². The number of anilines is 1. The van der Waals surface area contributed by atoms with Crippen molar-refractivity contribution in [1.82, 2.24) is 20.1 Å². The number of hydrogen-bond donors (Lipinski definition) is 1. The fraction of sp³-hybridized carbons (Fsp3) is 0.533. The molecule has 1 N–H and O–H groups in total. The summed E-state index contributed by atoms with van der Waals surface area (Å²) in [4.78, 5) is 50.3. The molecule has 39 heavy (non-hydrogen) atoms. The van der Waals surface area contributed by atoms with Crippen LogP contribution < -0.4 is 15.0 Å². The average Bonchev–Trinajstić information content (AvgIpc) is 3.80. The lowest BCUT2D eigenvalue weighted by Gasteiger charge is -2.37. The molecule has 3 fully saturated rings. The third-order valence-electron chi connectivity index (χ3n) is 8.41. The van der Waals surface area contributed by atoms with Gasteiger partial charge in [0.15, 0.2) is 0 Å². The van der Waals surface area contributed by atoms with Gasteiger partial charge < -0.3 is 24.8 Å². The van der Waals surface area contributed by atoms with E-state index < -0.39 is 5.41 Å². The first kappa shape index (κ1) is 27.0. The molecular weight excluding hydrogens is 494 g/mol. The zero-order valence-corrected chi connectivity index (χ0v) is 22.8. The Morgan fingerprint density at radius 3 is 2.38 bits per heavy atom. The number of aromatic nitrogens is 1. The van der Waals surface area contributed by atoms with Crippen LogP contribution in [-0.4, -0.2) is 85.4 Å². The minimum atomic E-state index is -0.508. The van der Waals surface area contributed by atoms with Crippen LogP contribution in [-0.2, 0) is 19.8 Å². The molecule has 208 valence electrons. The largest absolute Gasteiger partial charge is 0.497 e. The summed E-state index contributed by atoms with van der Waals surface area (Å²) in [7, 11) is 1.63. The Kier molecular flexibility index (Phi) is 8.33. The van der Waals surface area contributed by atoms with E-state index in [0.29, 0.717) is 45.6 Å². The van der Waals surface area contributed by atoms with Crippen molar-refractivity contribution >= 4 is 23.5 Å². The molecule has 3 heterocycles. The van der Waals surface area contributed by atoms with Gasteiger partial charge in [-0.1, -0.05) is 18.2 Å². The number of carbonyl (C=O) groups excluding carboxylic acids is 3. The molecule has 1 saturated carbocycles. The first-order valence-corrected chi connectivity index (χ1v) is 14.2. The number of piperazine rings is 1. The Hall–Kier alpha value is -3.62. The number of hydrogen-bond acceptors (Lipinski definition) is 6. The van der Waals surface area contributed by atoms with Crippen molar-refractivity contribution in [3.63, 3.8) is 0 Å². The summed E-state index contributed by atoms with van der Waals surface area (Å²) in [5.74, 6) is 1.71. The van der Waals surface area contributed by atoms with Crippen molar-refractivity contribution < 1.29 is 19.1 Å². The van der Waals surface area contributed by atoms with E-state index in [1.54, 1.807) is 13.3 Å². The van der Waals surface area contributed by atoms with E-state index in [1.807, 2.05) is 52.3 Å². The molecule has 1 unspecified atom stereocenters. The van der Waals surface area contributed by atoms with E-state index in [0.717, 1.165) is 49.5 Å². The third kappa shape index (κ3) is 6.18. The van der Waals surface area contributed by atoms with Crippen molar-refractivity contribution in [1.29, 1.82) is 0 Å². The van der Waals surface area contributed by atoms with Crippen molar-refractivity contribution in [3.05, 3.63) is 54.2 Å². The number of rotatable bonds is 5. The topological polar surface area (TPSA) is 95.1 Å². The molecule has 1 aromatic heterocycles. The highest BCUT2D eigenvalue weighted by molar-refractivity contribution is 5.91. The number of carbonyl (C=O) groups is 3. The summed E-state index contributed by atoms with van der Waals surface area (Å²) < 4.78 is 5.28. The monoisotopic (exact) mass is 533 g/mol. The number of ether oxygens (including phenoxy) is 1. The first-order chi connectivity index (χ1) is 19.0. The van der Waals surface area contributed by atoms with E-state index in [9.17, 15) is 14.4 Å². The molecule has 0 radical (unpaired) electrons. The highest BCUT2D eigenvalue weighted by Crippen LogP contribution is 2.50. The predicted molar refractivity (Wildman–Crippen MR) is 148 cm³/mol. The second-order valence-corrected chi connectivity index (χ2v) is 10.8. The summed E-state index contributed by atoms with van der Waals surface area (Å²) >= 11 is 0. The smallest absolute Gasteiger partial charge is 0.233 e. The van der Waals surface area contributed by atoms with Crippen LogP contribution in [0.3, 0.4) is 0 Å². The molecule has 2 aromatic rings. The number of benzene rings is 1. The van der Waals surface area contributed by atoms with Crippen LogP contribution in [0.25, 0.3) is 0 Å². The molecule has 1 aromatic carbocycles. The molecule has 9 nitrogen and oxygen atoms in total. The molecule has 1 aliphatic carbocycles. The van der Waals surface area contributed by atoms with Crippen LogP contribution in [0.4, 0.5) is 5.82 Å². The minimum absolute atomic E-state index is 0.0702. The lowest BCUT2D eigenvalue weighted by Crippen LogP contribution is -2.51. The molecule has 5 rings (SSSR count). The van der Waals surface area contributed by atoms with Gasteiger partial charge in [0.25, 0.3) is 0 Å². The first-order valence-electron chi connectivity index (χ1n) is 14.2. The number of methoxy groups -OCH3 is 1. The van der Waals surface area contributed by atoms with E-state index in [-0.39, 0.29) is 30.1 Å². The van der Waals surface area contributed by atoms with Gasteiger partial charge in [-0.3, -0.25) is 14.4 Å². The molecule has 3 aliphatic rings. The summed E-state index contributed by atoms with van der Waals surface area (Å²) in [6.45, 7) is 4.26. The minimum Gasteiger partial charge on any atom is -0.497 e. The Labute approximate surface area is 230 Å². The normalized spacial score (nSPS) is 21.9. The molecule has 9 heteroatoms. The maximum Gasteiger partial charge on any atom is 0.233 e. The van der Waals surface area contributed by atoms with Gasteiger partial charge in [-0.2, -0.15) is 0 Å². The van der Waals surface area contributed by atoms with Gasteiger partial charge in [-0.05, 0) is 61.9 Å². The van der Waals surface area contributed by atoms with Gasteiger partial charge >= 0.3 is 0 Å². The third-order valence-corrected chi connectivity index (χ3v) is 8.41. The second-order valence-electron chi connectivity index (χ2n) is 10.8. The van der Waals surface area contributed by atoms with Crippen molar-refractivity contribution in [2.75, 3.05) is 57.8 Å². The molecule has 0 bridgehead atoms. The molecule has 3 amide bonds.